The summed E-state index contributed by atoms with van der Waals surface area (Å²) in [5, 5.41) is 14.5. The summed E-state index contributed by atoms with van der Waals surface area (Å²) in [5.74, 6) is -0.517. The molecule has 0 aromatic carbocycles. The summed E-state index contributed by atoms with van der Waals surface area (Å²) in [4.78, 5) is 16.8. The Kier molecular flexibility index (Phi) is 3.85. The first-order valence-electron chi connectivity index (χ1n) is 6.00. The van der Waals surface area contributed by atoms with Crippen LogP contribution in [0.25, 0.3) is 0 Å². The van der Waals surface area contributed by atoms with Gasteiger partial charge in [0, 0.05) is 10.6 Å². The highest BCUT2D eigenvalue weighted by Crippen LogP contribution is 2.26. The molecule has 0 bridgehead atoms. The zero-order chi connectivity index (χ0) is 14.0. The van der Waals surface area contributed by atoms with E-state index < -0.39 is 5.97 Å². The molecule has 0 fully saturated rings. The standard InChI is InChI=1S/C14H16N2O2S/c1-8-7-9(2)15-13(12(8)14(17)18)16-10(3)11-5-4-6-19-11/h4-7,10H,1-3H3,(H,15,16)(H,17,18). The molecule has 0 aliphatic carbocycles. The monoisotopic (exact) mass is 276 g/mol. The number of carbonyl (C=O) groups is 1. The van der Waals surface area contributed by atoms with Gasteiger partial charge < -0.3 is 10.4 Å². The molecule has 100 valence electrons. The van der Waals surface area contributed by atoms with Crippen LogP contribution < -0.4 is 5.32 Å². The van der Waals surface area contributed by atoms with Crippen molar-refractivity contribution in [2.24, 2.45) is 0 Å². The number of pyridine rings is 1. The van der Waals surface area contributed by atoms with E-state index in [-0.39, 0.29) is 11.6 Å². The van der Waals surface area contributed by atoms with Gasteiger partial charge in [-0.15, -0.1) is 11.3 Å². The van der Waals surface area contributed by atoms with E-state index in [1.165, 1.54) is 0 Å². The summed E-state index contributed by atoms with van der Waals surface area (Å²) in [5.41, 5.74) is 1.78. The van der Waals surface area contributed by atoms with E-state index in [1.807, 2.05) is 31.4 Å². The van der Waals surface area contributed by atoms with Gasteiger partial charge in [0.15, 0.2) is 0 Å². The van der Waals surface area contributed by atoms with E-state index in [2.05, 4.69) is 10.3 Å². The number of aromatic carboxylic acids is 1. The fraction of sp³-hybridized carbons (Fsp3) is 0.286. The quantitative estimate of drug-likeness (QED) is 0.895. The zero-order valence-corrected chi connectivity index (χ0v) is 11.9. The molecule has 5 heteroatoms. The highest BCUT2D eigenvalue weighted by Gasteiger charge is 2.18. The number of hydrogen-bond donors (Lipinski definition) is 2. The van der Waals surface area contributed by atoms with Crippen molar-refractivity contribution in [3.05, 3.63) is 45.3 Å². The Balaban J connectivity index is 2.36. The van der Waals surface area contributed by atoms with Crippen molar-refractivity contribution in [1.82, 2.24) is 4.98 Å². The lowest BCUT2D eigenvalue weighted by atomic mass is 10.1. The number of carboxylic acids is 1. The molecule has 0 spiro atoms. The number of hydrogen-bond acceptors (Lipinski definition) is 4. The first-order chi connectivity index (χ1) is 8.99. The minimum Gasteiger partial charge on any atom is -0.478 e. The topological polar surface area (TPSA) is 62.2 Å². The summed E-state index contributed by atoms with van der Waals surface area (Å²) in [6.07, 6.45) is 0. The molecule has 0 aliphatic rings. The summed E-state index contributed by atoms with van der Waals surface area (Å²) >= 11 is 1.64. The Morgan fingerprint density at radius 2 is 2.21 bits per heavy atom. The van der Waals surface area contributed by atoms with Crippen LogP contribution in [0.2, 0.25) is 0 Å². The fourth-order valence-corrected chi connectivity index (χ4v) is 2.76. The minimum atomic E-state index is -0.953. The molecule has 0 radical (unpaired) electrons. The van der Waals surface area contributed by atoms with E-state index in [0.29, 0.717) is 5.82 Å². The lowest BCUT2D eigenvalue weighted by Gasteiger charge is -2.16. The highest BCUT2D eigenvalue weighted by atomic mass is 32.1. The van der Waals surface area contributed by atoms with Gasteiger partial charge in [-0.3, -0.25) is 0 Å². The summed E-state index contributed by atoms with van der Waals surface area (Å²) in [7, 11) is 0. The Morgan fingerprint density at radius 3 is 2.79 bits per heavy atom. The normalized spacial score (nSPS) is 12.2. The lowest BCUT2D eigenvalue weighted by Crippen LogP contribution is -2.13. The highest BCUT2D eigenvalue weighted by molar-refractivity contribution is 7.10. The van der Waals surface area contributed by atoms with E-state index in [1.54, 1.807) is 24.3 Å². The molecular weight excluding hydrogens is 260 g/mol. The molecule has 19 heavy (non-hydrogen) atoms. The lowest BCUT2D eigenvalue weighted by molar-refractivity contribution is 0.0697. The van der Waals surface area contributed by atoms with Gasteiger partial charge in [0.2, 0.25) is 0 Å². The summed E-state index contributed by atoms with van der Waals surface area (Å²) in [6.45, 7) is 5.65. The molecule has 2 heterocycles. The third kappa shape index (κ3) is 2.93. The van der Waals surface area contributed by atoms with E-state index in [0.717, 1.165) is 16.1 Å². The van der Waals surface area contributed by atoms with E-state index in [9.17, 15) is 9.90 Å². The van der Waals surface area contributed by atoms with Crippen LogP contribution >= 0.6 is 11.3 Å². The van der Waals surface area contributed by atoms with Crippen molar-refractivity contribution in [2.45, 2.75) is 26.8 Å². The number of aryl methyl sites for hydroxylation is 2. The molecule has 1 atom stereocenters. The number of aromatic nitrogens is 1. The molecule has 0 aliphatic heterocycles. The third-order valence-corrected chi connectivity index (χ3v) is 3.94. The predicted molar refractivity (Wildman–Crippen MR) is 77.0 cm³/mol. The van der Waals surface area contributed by atoms with Crippen molar-refractivity contribution in [3.8, 4) is 0 Å². The molecule has 4 nitrogen and oxygen atoms in total. The third-order valence-electron chi connectivity index (χ3n) is 2.88. The van der Waals surface area contributed by atoms with Crippen molar-refractivity contribution >= 4 is 23.1 Å². The Hall–Kier alpha value is -1.88. The van der Waals surface area contributed by atoms with Crippen LogP contribution in [0, 0.1) is 13.8 Å². The van der Waals surface area contributed by atoms with Gasteiger partial charge in [0.05, 0.1) is 6.04 Å². The number of anilines is 1. The van der Waals surface area contributed by atoms with Gasteiger partial charge in [-0.2, -0.15) is 0 Å². The summed E-state index contributed by atoms with van der Waals surface area (Å²) in [6, 6.07) is 5.81. The van der Waals surface area contributed by atoms with Gasteiger partial charge in [0.1, 0.15) is 11.4 Å². The van der Waals surface area contributed by atoms with Gasteiger partial charge >= 0.3 is 5.97 Å². The maximum absolute atomic E-state index is 11.3. The smallest absolute Gasteiger partial charge is 0.339 e. The Morgan fingerprint density at radius 1 is 1.47 bits per heavy atom. The van der Waals surface area contributed by atoms with Gasteiger partial charge in [-0.1, -0.05) is 6.07 Å². The first-order valence-corrected chi connectivity index (χ1v) is 6.88. The van der Waals surface area contributed by atoms with Crippen LogP contribution in [0.4, 0.5) is 5.82 Å². The predicted octanol–water partition coefficient (Wildman–Crippen LogP) is 3.63. The van der Waals surface area contributed by atoms with Crippen LogP contribution in [0.15, 0.2) is 23.6 Å². The van der Waals surface area contributed by atoms with Crippen molar-refractivity contribution in [1.29, 1.82) is 0 Å². The number of carboxylic acid groups (broad SMARTS) is 1. The summed E-state index contributed by atoms with van der Waals surface area (Å²) < 4.78 is 0. The van der Waals surface area contributed by atoms with Gasteiger partial charge in [-0.05, 0) is 43.8 Å². The second-order valence-electron chi connectivity index (χ2n) is 4.49. The van der Waals surface area contributed by atoms with Crippen molar-refractivity contribution in [3.63, 3.8) is 0 Å². The molecule has 2 aromatic rings. The fourth-order valence-electron chi connectivity index (χ4n) is 2.03. The molecule has 0 saturated carbocycles. The molecule has 2 rings (SSSR count). The van der Waals surface area contributed by atoms with E-state index >= 15 is 0 Å². The molecule has 1 unspecified atom stereocenters. The van der Waals surface area contributed by atoms with E-state index in [4.69, 9.17) is 0 Å². The number of rotatable bonds is 4. The second-order valence-corrected chi connectivity index (χ2v) is 5.47. The minimum absolute atomic E-state index is 0.0341. The van der Waals surface area contributed by atoms with Crippen molar-refractivity contribution < 1.29 is 9.90 Å². The largest absolute Gasteiger partial charge is 0.478 e. The maximum Gasteiger partial charge on any atom is 0.339 e. The maximum atomic E-state index is 11.3. The average molecular weight is 276 g/mol. The molecule has 2 N–H and O–H groups in total. The van der Waals surface area contributed by atoms with Crippen molar-refractivity contribution in [2.75, 3.05) is 5.32 Å². The van der Waals surface area contributed by atoms with Gasteiger partial charge in [-0.25, -0.2) is 9.78 Å². The molecule has 0 amide bonds. The number of nitrogens with zero attached hydrogens (tertiary/aromatic N) is 1. The Labute approximate surface area is 116 Å². The van der Waals surface area contributed by atoms with Crippen LogP contribution in [0.3, 0.4) is 0 Å². The van der Waals surface area contributed by atoms with Crippen LogP contribution in [-0.2, 0) is 0 Å². The average Bonchev–Trinajstić information content (AvgIpc) is 2.80. The molecular formula is C14H16N2O2S. The first kappa shape index (κ1) is 13.5. The number of thiophene rings is 1. The van der Waals surface area contributed by atoms with Crippen LogP contribution in [-0.4, -0.2) is 16.1 Å². The second kappa shape index (κ2) is 5.40. The molecule has 2 aromatic heterocycles. The van der Waals surface area contributed by atoms with Gasteiger partial charge in [0.25, 0.3) is 0 Å². The molecule has 0 saturated heterocycles. The number of nitrogens with one attached hydrogen (secondary N) is 1. The van der Waals surface area contributed by atoms with Crippen LogP contribution in [0.5, 0.6) is 0 Å². The zero-order valence-electron chi connectivity index (χ0n) is 11.1. The van der Waals surface area contributed by atoms with Crippen LogP contribution in [0.1, 0.15) is 39.5 Å². The Bertz CT molecular complexity index is 594. The SMILES string of the molecule is Cc1cc(C)c(C(=O)O)c(NC(C)c2cccs2)n1.